The maximum Gasteiger partial charge on any atom is 0.276 e. The number of nitrogens with one attached hydrogen (secondary N) is 1. The predicted octanol–water partition coefficient (Wildman–Crippen LogP) is 4.05. The molecule has 2 fully saturated rings. The van der Waals surface area contributed by atoms with E-state index in [1.54, 1.807) is 18.2 Å². The molecule has 0 unspecified atom stereocenters. The summed E-state index contributed by atoms with van der Waals surface area (Å²) in [6.07, 6.45) is 7.51. The third-order valence-electron chi connectivity index (χ3n) is 7.15. The number of nitrogens with zero attached hydrogens (tertiary/aromatic N) is 1. The van der Waals surface area contributed by atoms with Crippen molar-refractivity contribution in [1.29, 1.82) is 0 Å². The minimum absolute atomic E-state index is 0.0137. The van der Waals surface area contributed by atoms with E-state index in [2.05, 4.69) is 5.48 Å². The van der Waals surface area contributed by atoms with Crippen LogP contribution in [-0.4, -0.2) is 44.6 Å². The summed E-state index contributed by atoms with van der Waals surface area (Å²) in [5.74, 6) is 1.39. The molecule has 1 aliphatic carbocycles. The third-order valence-corrected chi connectivity index (χ3v) is 9.11. The van der Waals surface area contributed by atoms with E-state index in [-0.39, 0.29) is 23.4 Å². The molecule has 188 valence electrons. The van der Waals surface area contributed by atoms with Crippen molar-refractivity contribution in [1.82, 2.24) is 9.79 Å². The number of hydrogen-bond donors (Lipinski definition) is 1. The molecule has 2 aliphatic heterocycles. The van der Waals surface area contributed by atoms with E-state index in [0.29, 0.717) is 19.0 Å². The Hall–Kier alpha value is -2.62. The molecule has 1 amide bonds. The van der Waals surface area contributed by atoms with Gasteiger partial charge in [0, 0.05) is 13.1 Å². The standard InChI is InChI=1S/C26H32N2O6S/c29-26(27-34-21-6-2-1-3-7-21)22-8-4-5-9-25(22)35(30,31)28-14-12-19(13-15-28)16-20-10-11-23-24(17-20)33-18-32-23/h4-5,8-11,17,19,21H,1-3,6-7,12-16,18H2,(H,27,29). The first-order valence-corrected chi connectivity index (χ1v) is 13.9. The summed E-state index contributed by atoms with van der Waals surface area (Å²) in [5.41, 5.74) is 3.77. The zero-order valence-electron chi connectivity index (χ0n) is 19.8. The summed E-state index contributed by atoms with van der Waals surface area (Å²) < 4.78 is 39.3. The summed E-state index contributed by atoms with van der Waals surface area (Å²) in [4.78, 5) is 18.4. The Morgan fingerprint density at radius 3 is 2.51 bits per heavy atom. The first kappa shape index (κ1) is 24.1. The highest BCUT2D eigenvalue weighted by Crippen LogP contribution is 2.34. The Morgan fingerprint density at radius 2 is 1.71 bits per heavy atom. The van der Waals surface area contributed by atoms with Crippen LogP contribution in [0.5, 0.6) is 11.5 Å². The van der Waals surface area contributed by atoms with Gasteiger partial charge in [0.05, 0.1) is 16.6 Å². The van der Waals surface area contributed by atoms with E-state index in [9.17, 15) is 13.2 Å². The van der Waals surface area contributed by atoms with Gasteiger partial charge in [0.1, 0.15) is 0 Å². The first-order chi connectivity index (χ1) is 17.0. The Bertz CT molecular complexity index is 1150. The SMILES string of the molecule is O=C(NOC1CCCCC1)c1ccccc1S(=O)(=O)N1CCC(Cc2ccc3c(c2)OCO3)CC1. The number of carbonyl (C=O) groups is 1. The molecule has 0 radical (unpaired) electrons. The van der Waals surface area contributed by atoms with Crippen LogP contribution in [0.4, 0.5) is 0 Å². The molecule has 2 aromatic rings. The average Bonchev–Trinajstić information content (AvgIpc) is 3.36. The van der Waals surface area contributed by atoms with E-state index in [0.717, 1.165) is 62.0 Å². The Morgan fingerprint density at radius 1 is 0.971 bits per heavy atom. The van der Waals surface area contributed by atoms with Gasteiger partial charge in [0.15, 0.2) is 11.5 Å². The van der Waals surface area contributed by atoms with E-state index >= 15 is 0 Å². The van der Waals surface area contributed by atoms with E-state index in [1.165, 1.54) is 16.8 Å². The number of carbonyl (C=O) groups excluding carboxylic acids is 1. The molecule has 0 aromatic heterocycles. The zero-order valence-corrected chi connectivity index (χ0v) is 20.6. The number of rotatable bonds is 7. The molecular weight excluding hydrogens is 468 g/mol. The topological polar surface area (TPSA) is 94.2 Å². The lowest BCUT2D eigenvalue weighted by molar-refractivity contribution is -0.0314. The van der Waals surface area contributed by atoms with Gasteiger partial charge in [-0.2, -0.15) is 4.31 Å². The summed E-state index contributed by atoms with van der Waals surface area (Å²) in [5, 5.41) is 0. The maximum absolute atomic E-state index is 13.5. The molecule has 35 heavy (non-hydrogen) atoms. The molecule has 2 heterocycles. The van der Waals surface area contributed by atoms with Crippen molar-refractivity contribution in [2.24, 2.45) is 5.92 Å². The van der Waals surface area contributed by atoms with Crippen LogP contribution in [-0.2, 0) is 21.3 Å². The van der Waals surface area contributed by atoms with Crippen molar-refractivity contribution in [3.8, 4) is 11.5 Å². The van der Waals surface area contributed by atoms with Gasteiger partial charge in [-0.05, 0) is 67.9 Å². The van der Waals surface area contributed by atoms with Crippen molar-refractivity contribution >= 4 is 15.9 Å². The lowest BCUT2D eigenvalue weighted by atomic mass is 9.91. The highest BCUT2D eigenvalue weighted by molar-refractivity contribution is 7.89. The van der Waals surface area contributed by atoms with Crippen LogP contribution in [0.1, 0.15) is 60.9 Å². The molecule has 0 spiro atoms. The quantitative estimate of drug-likeness (QED) is 0.577. The molecular formula is C26H32N2O6S. The van der Waals surface area contributed by atoms with Gasteiger partial charge in [-0.25, -0.2) is 13.9 Å². The van der Waals surface area contributed by atoms with E-state index in [1.807, 2.05) is 18.2 Å². The van der Waals surface area contributed by atoms with Gasteiger partial charge in [-0.1, -0.05) is 37.5 Å². The van der Waals surface area contributed by atoms with Gasteiger partial charge in [0.2, 0.25) is 16.8 Å². The number of sulfonamides is 1. The third kappa shape index (κ3) is 5.47. The largest absolute Gasteiger partial charge is 0.454 e. The minimum atomic E-state index is -3.80. The van der Waals surface area contributed by atoms with Gasteiger partial charge < -0.3 is 9.47 Å². The van der Waals surface area contributed by atoms with Crippen LogP contribution in [0.25, 0.3) is 0 Å². The van der Waals surface area contributed by atoms with E-state index in [4.69, 9.17) is 14.3 Å². The number of fused-ring (bicyclic) bond motifs is 1. The normalized spacial score (nSPS) is 19.5. The summed E-state index contributed by atoms with van der Waals surface area (Å²) in [6, 6.07) is 12.3. The van der Waals surface area contributed by atoms with Crippen molar-refractivity contribution in [2.45, 2.75) is 62.4 Å². The molecule has 9 heteroatoms. The molecule has 5 rings (SSSR count). The number of hydrogen-bond acceptors (Lipinski definition) is 6. The molecule has 2 aromatic carbocycles. The Labute approximate surface area is 206 Å². The van der Waals surface area contributed by atoms with Crippen LogP contribution in [0.15, 0.2) is 47.4 Å². The van der Waals surface area contributed by atoms with Crippen molar-refractivity contribution < 1.29 is 27.5 Å². The molecule has 3 aliphatic rings. The van der Waals surface area contributed by atoms with Crippen molar-refractivity contribution in [3.05, 3.63) is 53.6 Å². The number of piperidine rings is 1. The van der Waals surface area contributed by atoms with Gasteiger partial charge in [0.25, 0.3) is 5.91 Å². The second-order valence-electron chi connectivity index (χ2n) is 9.54. The fraction of sp³-hybridized carbons (Fsp3) is 0.500. The van der Waals surface area contributed by atoms with Crippen LogP contribution in [0, 0.1) is 5.92 Å². The van der Waals surface area contributed by atoms with Crippen molar-refractivity contribution in [3.63, 3.8) is 0 Å². The fourth-order valence-corrected chi connectivity index (χ4v) is 6.81. The smallest absolute Gasteiger partial charge is 0.276 e. The predicted molar refractivity (Wildman–Crippen MR) is 130 cm³/mol. The lowest BCUT2D eigenvalue weighted by Gasteiger charge is -2.31. The molecule has 1 saturated carbocycles. The molecule has 1 saturated heterocycles. The Balaban J connectivity index is 1.21. The maximum atomic E-state index is 13.5. The molecule has 0 atom stereocenters. The number of hydroxylamine groups is 1. The fourth-order valence-electron chi connectivity index (χ4n) is 5.15. The van der Waals surface area contributed by atoms with Gasteiger partial charge in [-0.15, -0.1) is 0 Å². The number of benzene rings is 2. The Kier molecular flexibility index (Phi) is 7.27. The highest BCUT2D eigenvalue weighted by Gasteiger charge is 2.32. The molecule has 1 N–H and O–H groups in total. The zero-order chi connectivity index (χ0) is 24.3. The van der Waals surface area contributed by atoms with E-state index < -0.39 is 15.9 Å². The average molecular weight is 501 g/mol. The number of amides is 1. The molecule has 8 nitrogen and oxygen atoms in total. The highest BCUT2D eigenvalue weighted by atomic mass is 32.2. The van der Waals surface area contributed by atoms with Crippen LogP contribution in [0.3, 0.4) is 0 Å². The van der Waals surface area contributed by atoms with Crippen LogP contribution >= 0.6 is 0 Å². The van der Waals surface area contributed by atoms with Gasteiger partial charge >= 0.3 is 0 Å². The number of ether oxygens (including phenoxy) is 2. The second-order valence-corrected chi connectivity index (χ2v) is 11.5. The van der Waals surface area contributed by atoms with Crippen molar-refractivity contribution in [2.75, 3.05) is 19.9 Å². The second kappa shape index (κ2) is 10.6. The summed E-state index contributed by atoms with van der Waals surface area (Å²) in [7, 11) is -3.80. The monoisotopic (exact) mass is 500 g/mol. The van der Waals surface area contributed by atoms with Crippen LogP contribution in [0.2, 0.25) is 0 Å². The van der Waals surface area contributed by atoms with Gasteiger partial charge in [-0.3, -0.25) is 9.63 Å². The first-order valence-electron chi connectivity index (χ1n) is 12.4. The summed E-state index contributed by atoms with van der Waals surface area (Å²) >= 11 is 0. The molecule has 0 bridgehead atoms. The summed E-state index contributed by atoms with van der Waals surface area (Å²) in [6.45, 7) is 1.10. The van der Waals surface area contributed by atoms with Crippen LogP contribution < -0.4 is 15.0 Å². The minimum Gasteiger partial charge on any atom is -0.454 e. The lowest BCUT2D eigenvalue weighted by Crippen LogP contribution is -2.40.